The van der Waals surface area contributed by atoms with E-state index in [0.29, 0.717) is 13.1 Å². The normalized spacial score (nSPS) is 16.2. The molecule has 1 aliphatic rings. The zero-order valence-electron chi connectivity index (χ0n) is 17.6. The summed E-state index contributed by atoms with van der Waals surface area (Å²) in [5, 5.41) is 9.45. The Labute approximate surface area is 168 Å². The van der Waals surface area contributed by atoms with Gasteiger partial charge in [0.05, 0.1) is 17.3 Å². The average Bonchev–Trinajstić information content (AvgIpc) is 3.00. The van der Waals surface area contributed by atoms with Gasteiger partial charge in [-0.3, -0.25) is 9.69 Å². The minimum Gasteiger partial charge on any atom is -0.336 e. The van der Waals surface area contributed by atoms with Crippen LogP contribution < -0.4 is 0 Å². The van der Waals surface area contributed by atoms with Crippen molar-refractivity contribution in [3.8, 4) is 11.8 Å². The zero-order chi connectivity index (χ0) is 20.4. The second kappa shape index (κ2) is 8.20. The van der Waals surface area contributed by atoms with E-state index in [1.54, 1.807) is 0 Å². The first-order valence-corrected chi connectivity index (χ1v) is 10.0. The van der Waals surface area contributed by atoms with E-state index in [2.05, 4.69) is 61.4 Å². The van der Waals surface area contributed by atoms with Gasteiger partial charge in [0.25, 0.3) is 5.91 Å². The largest absolute Gasteiger partial charge is 0.336 e. The molecule has 0 spiro atoms. The van der Waals surface area contributed by atoms with Gasteiger partial charge in [-0.05, 0) is 51.0 Å². The lowest BCUT2D eigenvalue weighted by Gasteiger charge is -2.38. The van der Waals surface area contributed by atoms with Crippen LogP contribution in [0, 0.1) is 38.0 Å². The molecule has 1 aliphatic heterocycles. The topological polar surface area (TPSA) is 52.3 Å². The smallest absolute Gasteiger partial charge is 0.256 e. The molecule has 0 N–H and O–H groups in total. The highest BCUT2D eigenvalue weighted by atomic mass is 16.2. The van der Waals surface area contributed by atoms with Crippen LogP contribution in [0.15, 0.2) is 30.3 Å². The molecule has 1 unspecified atom stereocenters. The molecule has 1 aromatic heterocycles. The van der Waals surface area contributed by atoms with E-state index >= 15 is 0 Å². The summed E-state index contributed by atoms with van der Waals surface area (Å²) in [6, 6.07) is 12.6. The van der Waals surface area contributed by atoms with Crippen molar-refractivity contribution in [1.29, 1.82) is 5.26 Å². The van der Waals surface area contributed by atoms with Crippen molar-refractivity contribution >= 4 is 5.91 Å². The number of carbonyl (C=O) groups excluding carboxylic acids is 1. The molecular formula is C23H30N4O. The van der Waals surface area contributed by atoms with Gasteiger partial charge < -0.3 is 9.47 Å². The van der Waals surface area contributed by atoms with Gasteiger partial charge in [0.15, 0.2) is 0 Å². The third kappa shape index (κ3) is 3.83. The Kier molecular flexibility index (Phi) is 5.90. The number of hydrogen-bond donors (Lipinski definition) is 0. The van der Waals surface area contributed by atoms with Crippen LogP contribution in [0.25, 0.3) is 5.69 Å². The van der Waals surface area contributed by atoms with Crippen molar-refractivity contribution in [3.63, 3.8) is 0 Å². The van der Waals surface area contributed by atoms with Crippen LogP contribution in [0.1, 0.15) is 41.2 Å². The lowest BCUT2D eigenvalue weighted by molar-refractivity contribution is 0.0576. The molecule has 0 saturated carbocycles. The first-order chi connectivity index (χ1) is 13.3. The molecule has 148 valence electrons. The highest BCUT2D eigenvalue weighted by Gasteiger charge is 2.29. The fourth-order valence-corrected chi connectivity index (χ4v) is 4.09. The van der Waals surface area contributed by atoms with E-state index in [4.69, 9.17) is 0 Å². The molecule has 1 amide bonds. The Morgan fingerprint density at radius 3 is 2.14 bits per heavy atom. The second-order valence-corrected chi connectivity index (χ2v) is 8.12. The number of piperazine rings is 1. The Morgan fingerprint density at radius 2 is 1.61 bits per heavy atom. The predicted octanol–water partition coefficient (Wildman–Crippen LogP) is 3.71. The van der Waals surface area contributed by atoms with E-state index in [1.807, 2.05) is 24.0 Å². The number of aromatic nitrogens is 1. The molecule has 0 aliphatic carbocycles. The molecule has 2 aromatic rings. The Balaban J connectivity index is 1.85. The van der Waals surface area contributed by atoms with E-state index in [0.717, 1.165) is 41.3 Å². The summed E-state index contributed by atoms with van der Waals surface area (Å²) in [6.07, 6.45) is 0. The second-order valence-electron chi connectivity index (χ2n) is 8.12. The van der Waals surface area contributed by atoms with Crippen molar-refractivity contribution in [2.75, 3.05) is 26.2 Å². The van der Waals surface area contributed by atoms with Gasteiger partial charge in [-0.1, -0.05) is 25.5 Å². The standard InChI is InChI=1S/C23H30N4O/c1-16(2)22(15-24)25-10-12-26(13-11-25)23(28)20-14-17(3)6-9-21(20)27-18(4)7-8-19(27)5/h6-9,14,16,22H,10-13H2,1-5H3. The lowest BCUT2D eigenvalue weighted by Crippen LogP contribution is -2.53. The number of rotatable bonds is 4. The van der Waals surface area contributed by atoms with Crippen LogP contribution in [0.2, 0.25) is 0 Å². The van der Waals surface area contributed by atoms with Crippen LogP contribution in [-0.2, 0) is 0 Å². The maximum atomic E-state index is 13.4. The molecule has 1 saturated heterocycles. The van der Waals surface area contributed by atoms with Gasteiger partial charge in [-0.2, -0.15) is 5.26 Å². The van der Waals surface area contributed by atoms with Gasteiger partial charge >= 0.3 is 0 Å². The number of aryl methyl sites for hydroxylation is 3. The summed E-state index contributed by atoms with van der Waals surface area (Å²) in [5.74, 6) is 0.360. The van der Waals surface area contributed by atoms with Gasteiger partial charge in [-0.15, -0.1) is 0 Å². The monoisotopic (exact) mass is 378 g/mol. The van der Waals surface area contributed by atoms with Crippen LogP contribution in [0.5, 0.6) is 0 Å². The molecule has 3 rings (SSSR count). The average molecular weight is 379 g/mol. The molecular weight excluding hydrogens is 348 g/mol. The minimum absolute atomic E-state index is 0.0731. The van der Waals surface area contributed by atoms with Crippen molar-refractivity contribution in [3.05, 3.63) is 52.8 Å². The van der Waals surface area contributed by atoms with Crippen LogP contribution in [-0.4, -0.2) is 52.5 Å². The summed E-state index contributed by atoms with van der Waals surface area (Å²) in [6.45, 7) is 13.1. The summed E-state index contributed by atoms with van der Waals surface area (Å²) < 4.78 is 2.15. The highest BCUT2D eigenvalue weighted by molar-refractivity contribution is 5.98. The third-order valence-corrected chi connectivity index (χ3v) is 5.65. The summed E-state index contributed by atoms with van der Waals surface area (Å²) >= 11 is 0. The Bertz CT molecular complexity index is 878. The molecule has 1 aromatic carbocycles. The van der Waals surface area contributed by atoms with E-state index in [1.165, 1.54) is 0 Å². The van der Waals surface area contributed by atoms with E-state index < -0.39 is 0 Å². The van der Waals surface area contributed by atoms with E-state index in [-0.39, 0.29) is 17.9 Å². The fourth-order valence-electron chi connectivity index (χ4n) is 4.09. The van der Waals surface area contributed by atoms with Crippen LogP contribution in [0.3, 0.4) is 0 Å². The molecule has 5 nitrogen and oxygen atoms in total. The maximum absolute atomic E-state index is 13.4. The number of benzene rings is 1. The predicted molar refractivity (Wildman–Crippen MR) is 112 cm³/mol. The van der Waals surface area contributed by atoms with Crippen molar-refractivity contribution in [1.82, 2.24) is 14.4 Å². The lowest BCUT2D eigenvalue weighted by atomic mass is 10.0. The number of nitriles is 1. The molecule has 1 fully saturated rings. The summed E-state index contributed by atoms with van der Waals surface area (Å²) in [5.41, 5.74) is 5.01. The molecule has 2 heterocycles. The molecule has 0 radical (unpaired) electrons. The van der Waals surface area contributed by atoms with Crippen LogP contribution >= 0.6 is 0 Å². The maximum Gasteiger partial charge on any atom is 0.256 e. The van der Waals surface area contributed by atoms with Gasteiger partial charge in [-0.25, -0.2) is 0 Å². The fraction of sp³-hybridized carbons (Fsp3) is 0.478. The molecule has 5 heteroatoms. The number of nitrogens with zero attached hydrogens (tertiary/aromatic N) is 4. The van der Waals surface area contributed by atoms with Gasteiger partial charge in [0, 0.05) is 37.6 Å². The summed E-state index contributed by atoms with van der Waals surface area (Å²) in [4.78, 5) is 17.5. The SMILES string of the molecule is Cc1ccc(-n2c(C)ccc2C)c(C(=O)N2CCN(C(C#N)C(C)C)CC2)c1. The molecule has 28 heavy (non-hydrogen) atoms. The molecule has 0 bridgehead atoms. The quantitative estimate of drug-likeness (QED) is 0.815. The number of carbonyl (C=O) groups is 1. The number of amides is 1. The Hall–Kier alpha value is -2.58. The van der Waals surface area contributed by atoms with Gasteiger partial charge in [0.2, 0.25) is 0 Å². The third-order valence-electron chi connectivity index (χ3n) is 5.65. The first kappa shape index (κ1) is 20.2. The molecule has 1 atom stereocenters. The minimum atomic E-state index is -0.0862. The van der Waals surface area contributed by atoms with Crippen molar-refractivity contribution in [2.45, 2.75) is 40.7 Å². The van der Waals surface area contributed by atoms with Crippen molar-refractivity contribution < 1.29 is 4.79 Å². The number of hydrogen-bond acceptors (Lipinski definition) is 3. The van der Waals surface area contributed by atoms with Crippen molar-refractivity contribution in [2.24, 2.45) is 5.92 Å². The summed E-state index contributed by atoms with van der Waals surface area (Å²) in [7, 11) is 0. The van der Waals surface area contributed by atoms with E-state index in [9.17, 15) is 10.1 Å². The van der Waals surface area contributed by atoms with Crippen LogP contribution in [0.4, 0.5) is 0 Å². The zero-order valence-corrected chi connectivity index (χ0v) is 17.6. The van der Waals surface area contributed by atoms with Gasteiger partial charge in [0.1, 0.15) is 6.04 Å². The Morgan fingerprint density at radius 1 is 1.00 bits per heavy atom. The first-order valence-electron chi connectivity index (χ1n) is 10.0. The highest BCUT2D eigenvalue weighted by Crippen LogP contribution is 2.24.